The molecule has 12 heavy (non-hydrogen) atoms. The van der Waals surface area contributed by atoms with Crippen LogP contribution in [0.25, 0.3) is 0 Å². The lowest BCUT2D eigenvalue weighted by Crippen LogP contribution is -1.91. The topological polar surface area (TPSA) is 29.5 Å². The zero-order valence-electron chi connectivity index (χ0n) is 7.29. The molecule has 0 heterocycles. The fourth-order valence-corrected chi connectivity index (χ4v) is 1.21. The van der Waals surface area contributed by atoms with Gasteiger partial charge in [-0.3, -0.25) is 0 Å². The molecule has 0 amide bonds. The Hall–Kier alpha value is -1.12. The Morgan fingerprint density at radius 2 is 2.17 bits per heavy atom. The molecule has 0 bridgehead atoms. The maximum atomic E-state index is 9.42. The molecular weight excluding hydrogens is 151 g/mol. The first kappa shape index (κ1) is 8.98. The molecule has 0 fully saturated rings. The van der Waals surface area contributed by atoms with Crippen molar-refractivity contribution in [2.45, 2.75) is 13.2 Å². The molecular formula is C9H11BO2. The quantitative estimate of drug-likeness (QED) is 0.665. The van der Waals surface area contributed by atoms with Crippen molar-refractivity contribution in [1.82, 2.24) is 0 Å². The van der Waals surface area contributed by atoms with E-state index in [1.165, 1.54) is 7.11 Å². The van der Waals surface area contributed by atoms with Crippen LogP contribution in [-0.2, 0) is 6.32 Å². The lowest BCUT2D eigenvalue weighted by atomic mass is 9.95. The minimum absolute atomic E-state index is 0.151. The first-order valence-electron chi connectivity index (χ1n) is 3.75. The van der Waals surface area contributed by atoms with Gasteiger partial charge in [-0.15, -0.1) is 0 Å². The van der Waals surface area contributed by atoms with Crippen molar-refractivity contribution < 1.29 is 9.84 Å². The molecule has 62 valence electrons. The molecule has 2 nitrogen and oxygen atoms in total. The fourth-order valence-electron chi connectivity index (χ4n) is 1.21. The minimum atomic E-state index is 0.151. The summed E-state index contributed by atoms with van der Waals surface area (Å²) in [5, 5.41) is 9.42. The summed E-state index contributed by atoms with van der Waals surface area (Å²) in [5.41, 5.74) is 1.81. The highest BCUT2D eigenvalue weighted by atomic mass is 16.5. The summed E-state index contributed by atoms with van der Waals surface area (Å²) >= 11 is 0. The number of aryl methyl sites for hydroxylation is 1. The van der Waals surface area contributed by atoms with Crippen molar-refractivity contribution in [2.75, 3.05) is 7.11 Å². The first-order valence-corrected chi connectivity index (χ1v) is 3.75. The van der Waals surface area contributed by atoms with Gasteiger partial charge >= 0.3 is 0 Å². The van der Waals surface area contributed by atoms with Gasteiger partial charge in [0, 0.05) is 0 Å². The maximum absolute atomic E-state index is 9.42. The molecule has 1 rings (SSSR count). The number of hydrogen-bond donors (Lipinski definition) is 1. The van der Waals surface area contributed by atoms with Crippen molar-refractivity contribution in [3.63, 3.8) is 0 Å². The highest BCUT2D eigenvalue weighted by molar-refractivity contribution is 6.08. The Kier molecular flexibility index (Phi) is 2.63. The van der Waals surface area contributed by atoms with Crippen LogP contribution >= 0.6 is 0 Å². The van der Waals surface area contributed by atoms with Crippen LogP contribution < -0.4 is 4.74 Å². The average molecular weight is 162 g/mol. The third-order valence-electron chi connectivity index (χ3n) is 1.75. The van der Waals surface area contributed by atoms with E-state index in [2.05, 4.69) is 0 Å². The van der Waals surface area contributed by atoms with Gasteiger partial charge in [0.15, 0.2) is 11.5 Å². The van der Waals surface area contributed by atoms with E-state index >= 15 is 0 Å². The summed E-state index contributed by atoms with van der Waals surface area (Å²) in [6.45, 7) is 1.87. The molecule has 0 aliphatic rings. The van der Waals surface area contributed by atoms with E-state index in [1.54, 1.807) is 6.07 Å². The molecule has 0 aromatic heterocycles. The van der Waals surface area contributed by atoms with Crippen LogP contribution in [0, 0.1) is 6.92 Å². The van der Waals surface area contributed by atoms with Gasteiger partial charge in [0.05, 0.1) is 15.0 Å². The maximum Gasteiger partial charge on any atom is 0.163 e. The minimum Gasteiger partial charge on any atom is -0.504 e. The third kappa shape index (κ3) is 1.55. The van der Waals surface area contributed by atoms with Gasteiger partial charge in [-0.2, -0.15) is 0 Å². The lowest BCUT2D eigenvalue weighted by molar-refractivity contribution is 0.370. The second-order valence-corrected chi connectivity index (χ2v) is 2.67. The van der Waals surface area contributed by atoms with Crippen LogP contribution in [-0.4, -0.2) is 20.1 Å². The molecule has 0 aliphatic carbocycles. The molecule has 2 radical (unpaired) electrons. The van der Waals surface area contributed by atoms with Crippen LogP contribution in [0.15, 0.2) is 12.1 Å². The summed E-state index contributed by atoms with van der Waals surface area (Å²) in [4.78, 5) is 0. The zero-order chi connectivity index (χ0) is 9.14. The number of phenolic OH excluding ortho intramolecular Hbond substituents is 1. The summed E-state index contributed by atoms with van der Waals surface area (Å²) in [7, 11) is 6.96. The number of methoxy groups -OCH3 is 1. The number of ether oxygens (including phenoxy) is 1. The van der Waals surface area contributed by atoms with Gasteiger partial charge in [-0.1, -0.05) is 17.9 Å². The highest BCUT2D eigenvalue weighted by Crippen LogP contribution is 2.30. The van der Waals surface area contributed by atoms with Crippen LogP contribution in [0.2, 0.25) is 0 Å². The van der Waals surface area contributed by atoms with Gasteiger partial charge in [0.25, 0.3) is 0 Å². The highest BCUT2D eigenvalue weighted by Gasteiger charge is 2.05. The molecule has 0 unspecified atom stereocenters. The molecule has 0 aliphatic heterocycles. The SMILES string of the molecule is [B]Cc1cc(C)c(OC)c(O)c1. The van der Waals surface area contributed by atoms with Crippen molar-refractivity contribution in [3.05, 3.63) is 23.3 Å². The number of benzene rings is 1. The predicted octanol–water partition coefficient (Wildman–Crippen LogP) is 1.38. The molecule has 0 atom stereocenters. The van der Waals surface area contributed by atoms with Gasteiger partial charge in [-0.05, 0) is 18.6 Å². The number of rotatable bonds is 2. The molecule has 1 N–H and O–H groups in total. The van der Waals surface area contributed by atoms with E-state index in [-0.39, 0.29) is 5.75 Å². The standard InChI is InChI=1S/C9H11BO2/c1-6-3-7(5-10)4-8(11)9(6)12-2/h3-4,11H,5H2,1-2H3. The summed E-state index contributed by atoms with van der Waals surface area (Å²) in [5.74, 6) is 0.671. The Balaban J connectivity index is 3.18. The van der Waals surface area contributed by atoms with E-state index in [9.17, 15) is 5.11 Å². The molecule has 0 spiro atoms. The Labute approximate surface area is 73.6 Å². The van der Waals surface area contributed by atoms with E-state index in [0.717, 1.165) is 11.1 Å². The van der Waals surface area contributed by atoms with E-state index in [1.807, 2.05) is 13.0 Å². The Bertz CT molecular complexity index is 261. The average Bonchev–Trinajstić information content (AvgIpc) is 2.03. The molecule has 0 saturated heterocycles. The third-order valence-corrected chi connectivity index (χ3v) is 1.75. The van der Waals surface area contributed by atoms with Crippen LogP contribution in [0.4, 0.5) is 0 Å². The van der Waals surface area contributed by atoms with Crippen molar-refractivity contribution in [2.24, 2.45) is 0 Å². The predicted molar refractivity (Wildman–Crippen MR) is 48.9 cm³/mol. The number of phenols is 1. The second kappa shape index (κ2) is 3.52. The second-order valence-electron chi connectivity index (χ2n) is 2.67. The van der Waals surface area contributed by atoms with Crippen LogP contribution in [0.5, 0.6) is 11.5 Å². The molecule has 1 aromatic rings. The van der Waals surface area contributed by atoms with Gasteiger partial charge in [-0.25, -0.2) is 0 Å². The first-order chi connectivity index (χ1) is 5.69. The summed E-state index contributed by atoms with van der Waals surface area (Å²) in [6, 6.07) is 3.52. The lowest BCUT2D eigenvalue weighted by Gasteiger charge is -2.08. The van der Waals surface area contributed by atoms with Gasteiger partial charge < -0.3 is 9.84 Å². The van der Waals surface area contributed by atoms with Crippen LogP contribution in [0.1, 0.15) is 11.1 Å². The monoisotopic (exact) mass is 162 g/mol. The van der Waals surface area contributed by atoms with E-state index in [0.29, 0.717) is 12.1 Å². The fraction of sp³-hybridized carbons (Fsp3) is 0.333. The van der Waals surface area contributed by atoms with Gasteiger partial charge in [0.1, 0.15) is 0 Å². The van der Waals surface area contributed by atoms with Crippen molar-refractivity contribution >= 4 is 7.85 Å². The largest absolute Gasteiger partial charge is 0.504 e. The van der Waals surface area contributed by atoms with Crippen molar-refractivity contribution in [1.29, 1.82) is 0 Å². The van der Waals surface area contributed by atoms with Crippen LogP contribution in [0.3, 0.4) is 0 Å². The van der Waals surface area contributed by atoms with Gasteiger partial charge in [0.2, 0.25) is 0 Å². The smallest absolute Gasteiger partial charge is 0.163 e. The molecule has 0 saturated carbocycles. The normalized spacial score (nSPS) is 9.83. The molecule has 1 aromatic carbocycles. The Morgan fingerprint density at radius 3 is 2.58 bits per heavy atom. The van der Waals surface area contributed by atoms with Crippen molar-refractivity contribution in [3.8, 4) is 11.5 Å². The number of aromatic hydroxyl groups is 1. The van der Waals surface area contributed by atoms with E-state index in [4.69, 9.17) is 12.6 Å². The van der Waals surface area contributed by atoms with E-state index < -0.39 is 0 Å². The summed E-state index contributed by atoms with van der Waals surface area (Å²) < 4.78 is 4.98. The molecule has 3 heteroatoms. The number of hydrogen-bond acceptors (Lipinski definition) is 2. The Morgan fingerprint density at radius 1 is 1.50 bits per heavy atom. The zero-order valence-corrected chi connectivity index (χ0v) is 7.29. The summed E-state index contributed by atoms with van der Waals surface area (Å²) in [6.07, 6.45) is 0.429.